The van der Waals surface area contributed by atoms with Crippen molar-refractivity contribution in [3.05, 3.63) is 33.0 Å². The molecular formula is C9H6BrClN2S. The summed E-state index contributed by atoms with van der Waals surface area (Å²) in [5, 5.41) is 2.29. The Balaban J connectivity index is 2.62. The first-order valence-corrected chi connectivity index (χ1v) is 5.96. The molecule has 0 radical (unpaired) electrons. The third-order valence-corrected chi connectivity index (χ3v) is 3.80. The predicted molar refractivity (Wildman–Crippen MR) is 62.8 cm³/mol. The van der Waals surface area contributed by atoms with Crippen LogP contribution in [0.4, 0.5) is 0 Å². The fourth-order valence-corrected chi connectivity index (χ4v) is 2.86. The Bertz CT molecular complexity index is 470. The molecule has 0 aliphatic heterocycles. The Morgan fingerprint density at radius 1 is 1.50 bits per heavy atom. The van der Waals surface area contributed by atoms with Crippen molar-refractivity contribution in [3.63, 3.8) is 0 Å². The molecular weight excluding hydrogens is 284 g/mol. The van der Waals surface area contributed by atoms with Crippen LogP contribution in [0.25, 0.3) is 10.6 Å². The summed E-state index contributed by atoms with van der Waals surface area (Å²) in [7, 11) is 0. The molecule has 2 nitrogen and oxygen atoms in total. The van der Waals surface area contributed by atoms with E-state index in [1.807, 2.05) is 18.4 Å². The molecule has 2 rings (SSSR count). The van der Waals surface area contributed by atoms with E-state index >= 15 is 0 Å². The van der Waals surface area contributed by atoms with Crippen molar-refractivity contribution in [2.75, 3.05) is 0 Å². The molecule has 0 saturated carbocycles. The third kappa shape index (κ3) is 1.82. The van der Waals surface area contributed by atoms with Crippen molar-refractivity contribution >= 4 is 38.9 Å². The van der Waals surface area contributed by atoms with Gasteiger partial charge in [0.05, 0.1) is 10.6 Å². The highest BCUT2D eigenvalue weighted by Crippen LogP contribution is 2.34. The lowest BCUT2D eigenvalue weighted by Gasteiger charge is -2.02. The van der Waals surface area contributed by atoms with Gasteiger partial charge in [-0.25, -0.2) is 9.97 Å². The second kappa shape index (κ2) is 3.96. The predicted octanol–water partition coefficient (Wildman–Crippen LogP) is 3.93. The molecule has 2 aromatic heterocycles. The lowest BCUT2D eigenvalue weighted by molar-refractivity contribution is 1.14. The number of rotatable bonds is 1. The fourth-order valence-electron chi connectivity index (χ4n) is 1.11. The van der Waals surface area contributed by atoms with E-state index in [-0.39, 0.29) is 5.28 Å². The minimum absolute atomic E-state index is 0.283. The zero-order valence-electron chi connectivity index (χ0n) is 7.29. The van der Waals surface area contributed by atoms with Gasteiger partial charge in [0.15, 0.2) is 0 Å². The van der Waals surface area contributed by atoms with E-state index in [1.54, 1.807) is 17.5 Å². The van der Waals surface area contributed by atoms with E-state index in [1.165, 1.54) is 0 Å². The van der Waals surface area contributed by atoms with Gasteiger partial charge in [0.1, 0.15) is 0 Å². The highest BCUT2D eigenvalue weighted by molar-refractivity contribution is 9.10. The smallest absolute Gasteiger partial charge is 0.222 e. The summed E-state index contributed by atoms with van der Waals surface area (Å²) in [6.07, 6.45) is 1.73. The van der Waals surface area contributed by atoms with Gasteiger partial charge in [-0.2, -0.15) is 0 Å². The summed E-state index contributed by atoms with van der Waals surface area (Å²) in [6, 6.07) is 2.00. The normalized spacial score (nSPS) is 10.5. The zero-order valence-corrected chi connectivity index (χ0v) is 10.4. The van der Waals surface area contributed by atoms with E-state index in [0.29, 0.717) is 0 Å². The van der Waals surface area contributed by atoms with Crippen LogP contribution in [0.3, 0.4) is 0 Å². The van der Waals surface area contributed by atoms with Crippen molar-refractivity contribution in [1.29, 1.82) is 0 Å². The molecule has 0 unspecified atom stereocenters. The monoisotopic (exact) mass is 288 g/mol. The number of hydrogen-bond acceptors (Lipinski definition) is 3. The topological polar surface area (TPSA) is 25.8 Å². The van der Waals surface area contributed by atoms with Crippen molar-refractivity contribution in [1.82, 2.24) is 9.97 Å². The molecule has 0 N–H and O–H groups in total. The molecule has 0 aliphatic rings. The first-order chi connectivity index (χ1) is 6.68. The van der Waals surface area contributed by atoms with Gasteiger partial charge in [0.25, 0.3) is 0 Å². The van der Waals surface area contributed by atoms with Crippen molar-refractivity contribution in [3.8, 4) is 10.6 Å². The van der Waals surface area contributed by atoms with E-state index in [4.69, 9.17) is 11.6 Å². The molecule has 0 aromatic carbocycles. The highest BCUT2D eigenvalue weighted by atomic mass is 79.9. The Hall–Kier alpha value is -0.450. The Morgan fingerprint density at radius 2 is 2.29 bits per heavy atom. The molecule has 0 atom stereocenters. The number of halogens is 2. The Labute approximate surface area is 99.1 Å². The first kappa shape index (κ1) is 10.1. The van der Waals surface area contributed by atoms with Gasteiger partial charge >= 0.3 is 0 Å². The second-order valence-electron chi connectivity index (χ2n) is 2.77. The number of thiophene rings is 1. The average Bonchev–Trinajstić information content (AvgIpc) is 2.56. The van der Waals surface area contributed by atoms with Crippen molar-refractivity contribution in [2.45, 2.75) is 6.92 Å². The van der Waals surface area contributed by atoms with Gasteiger partial charge in [0, 0.05) is 10.7 Å². The summed E-state index contributed by atoms with van der Waals surface area (Å²) >= 11 is 10.9. The third-order valence-electron chi connectivity index (χ3n) is 1.77. The number of aryl methyl sites for hydroxylation is 1. The lowest BCUT2D eigenvalue weighted by atomic mass is 10.2. The largest absolute Gasteiger partial charge is 0.226 e. The molecule has 0 saturated heterocycles. The standard InChI is InChI=1S/C9H6BrClN2S/c1-5-4-12-9(11)13-7(5)8-6(10)2-3-14-8/h2-4H,1H3. The number of aromatic nitrogens is 2. The fraction of sp³-hybridized carbons (Fsp3) is 0.111. The van der Waals surface area contributed by atoms with Crippen LogP contribution in [-0.2, 0) is 0 Å². The van der Waals surface area contributed by atoms with Gasteiger partial charge in [-0.3, -0.25) is 0 Å². The number of hydrogen-bond donors (Lipinski definition) is 0. The second-order valence-corrected chi connectivity index (χ2v) is 4.88. The molecule has 0 spiro atoms. The summed E-state index contributed by atoms with van der Waals surface area (Å²) in [5.41, 5.74) is 1.92. The van der Waals surface area contributed by atoms with Crippen LogP contribution >= 0.6 is 38.9 Å². The van der Waals surface area contributed by atoms with Gasteiger partial charge in [-0.05, 0) is 51.5 Å². The molecule has 0 amide bonds. The van der Waals surface area contributed by atoms with Gasteiger partial charge in [-0.1, -0.05) is 0 Å². The quantitative estimate of drug-likeness (QED) is 0.743. The lowest BCUT2D eigenvalue weighted by Crippen LogP contribution is -1.89. The van der Waals surface area contributed by atoms with Crippen LogP contribution in [0.5, 0.6) is 0 Å². The average molecular weight is 290 g/mol. The van der Waals surface area contributed by atoms with Gasteiger partial charge < -0.3 is 0 Å². The van der Waals surface area contributed by atoms with Gasteiger partial charge in [-0.15, -0.1) is 11.3 Å². The molecule has 0 aliphatic carbocycles. The maximum Gasteiger partial charge on any atom is 0.222 e. The van der Waals surface area contributed by atoms with Crippen LogP contribution in [0, 0.1) is 6.92 Å². The molecule has 2 aromatic rings. The molecule has 72 valence electrons. The van der Waals surface area contributed by atoms with E-state index < -0.39 is 0 Å². The van der Waals surface area contributed by atoms with E-state index in [9.17, 15) is 0 Å². The van der Waals surface area contributed by atoms with Crippen molar-refractivity contribution in [2.24, 2.45) is 0 Å². The minimum Gasteiger partial charge on any atom is -0.226 e. The zero-order chi connectivity index (χ0) is 10.1. The molecule has 0 bridgehead atoms. The first-order valence-electron chi connectivity index (χ1n) is 3.91. The van der Waals surface area contributed by atoms with Crippen LogP contribution in [-0.4, -0.2) is 9.97 Å². The van der Waals surface area contributed by atoms with Crippen LogP contribution in [0.2, 0.25) is 5.28 Å². The summed E-state index contributed by atoms with van der Waals surface area (Å²) in [5.74, 6) is 0. The van der Waals surface area contributed by atoms with E-state index in [2.05, 4.69) is 25.9 Å². The Kier molecular flexibility index (Phi) is 2.85. The molecule has 0 fully saturated rings. The maximum absolute atomic E-state index is 5.75. The summed E-state index contributed by atoms with van der Waals surface area (Å²) < 4.78 is 1.04. The molecule has 14 heavy (non-hydrogen) atoms. The van der Waals surface area contributed by atoms with E-state index in [0.717, 1.165) is 20.6 Å². The summed E-state index contributed by atoms with van der Waals surface area (Å²) in [6.45, 7) is 1.97. The molecule has 2 heterocycles. The SMILES string of the molecule is Cc1cnc(Cl)nc1-c1sccc1Br. The number of nitrogens with zero attached hydrogens (tertiary/aromatic N) is 2. The maximum atomic E-state index is 5.75. The Morgan fingerprint density at radius 3 is 2.93 bits per heavy atom. The summed E-state index contributed by atoms with van der Waals surface area (Å²) in [4.78, 5) is 9.22. The molecule has 5 heteroatoms. The minimum atomic E-state index is 0.283. The van der Waals surface area contributed by atoms with Crippen molar-refractivity contribution < 1.29 is 0 Å². The van der Waals surface area contributed by atoms with Crippen LogP contribution < -0.4 is 0 Å². The van der Waals surface area contributed by atoms with Crippen LogP contribution in [0.15, 0.2) is 22.1 Å². The van der Waals surface area contributed by atoms with Crippen LogP contribution in [0.1, 0.15) is 5.56 Å². The highest BCUT2D eigenvalue weighted by Gasteiger charge is 2.10. The van der Waals surface area contributed by atoms with Gasteiger partial charge in [0.2, 0.25) is 5.28 Å².